The smallest absolute Gasteiger partial charge is 0.307 e. The molecule has 6 nitrogen and oxygen atoms in total. The number of carbonyl (C=O) groups is 2. The van der Waals surface area contributed by atoms with Crippen LogP contribution in [0.5, 0.6) is 0 Å². The summed E-state index contributed by atoms with van der Waals surface area (Å²) in [6, 6.07) is 3.51. The Labute approximate surface area is 115 Å². The molecule has 1 fully saturated rings. The third-order valence-electron chi connectivity index (χ3n) is 4.12. The van der Waals surface area contributed by atoms with Gasteiger partial charge in [0.15, 0.2) is 0 Å². The van der Waals surface area contributed by atoms with Gasteiger partial charge in [-0.3, -0.25) is 9.59 Å². The first kappa shape index (κ1) is 12.8. The predicted molar refractivity (Wildman–Crippen MR) is 69.2 cm³/mol. The number of aliphatic carboxylic acids is 1. The highest BCUT2D eigenvalue weighted by Crippen LogP contribution is 2.48. The monoisotopic (exact) mass is 273 g/mol. The van der Waals surface area contributed by atoms with Crippen molar-refractivity contribution in [2.24, 2.45) is 23.7 Å². The standard InChI is InChI=1S/C14H15N3O3/c18-13(15-7-10-2-1-5-16-17-10)11-8-3-4-9(6-8)12(11)14(19)20/h1-5,8-9,11-12H,6-7H2,(H,15,18)(H,19,20). The summed E-state index contributed by atoms with van der Waals surface area (Å²) in [7, 11) is 0. The van der Waals surface area contributed by atoms with Gasteiger partial charge in [0.05, 0.1) is 24.1 Å². The van der Waals surface area contributed by atoms with Crippen molar-refractivity contribution >= 4 is 11.9 Å². The molecule has 6 heteroatoms. The van der Waals surface area contributed by atoms with Gasteiger partial charge in [0.25, 0.3) is 0 Å². The zero-order chi connectivity index (χ0) is 14.1. The number of nitrogens with one attached hydrogen (secondary N) is 1. The Balaban J connectivity index is 1.68. The number of hydrogen-bond acceptors (Lipinski definition) is 4. The largest absolute Gasteiger partial charge is 0.481 e. The van der Waals surface area contributed by atoms with Gasteiger partial charge in [-0.2, -0.15) is 10.2 Å². The second-order valence-electron chi connectivity index (χ2n) is 5.27. The number of hydrogen-bond donors (Lipinski definition) is 2. The number of nitrogens with zero attached hydrogens (tertiary/aromatic N) is 2. The lowest BCUT2D eigenvalue weighted by molar-refractivity contribution is -0.147. The molecule has 2 bridgehead atoms. The molecule has 0 radical (unpaired) electrons. The van der Waals surface area contributed by atoms with Gasteiger partial charge in [0.1, 0.15) is 0 Å². The van der Waals surface area contributed by atoms with E-state index in [1.165, 1.54) is 0 Å². The molecule has 1 amide bonds. The highest BCUT2D eigenvalue weighted by atomic mass is 16.4. The number of allylic oxidation sites excluding steroid dienone is 2. The molecule has 0 aromatic carbocycles. The van der Waals surface area contributed by atoms with Crippen LogP contribution in [0, 0.1) is 23.7 Å². The maximum absolute atomic E-state index is 12.3. The summed E-state index contributed by atoms with van der Waals surface area (Å²) in [6.07, 6.45) is 6.22. The highest BCUT2D eigenvalue weighted by Gasteiger charge is 2.51. The Bertz CT molecular complexity index is 558. The lowest BCUT2D eigenvalue weighted by Crippen LogP contribution is -2.40. The summed E-state index contributed by atoms with van der Waals surface area (Å²) in [4.78, 5) is 23.6. The van der Waals surface area contributed by atoms with Crippen molar-refractivity contribution in [1.29, 1.82) is 0 Å². The van der Waals surface area contributed by atoms with Crippen molar-refractivity contribution in [1.82, 2.24) is 15.5 Å². The van der Waals surface area contributed by atoms with E-state index < -0.39 is 17.8 Å². The van der Waals surface area contributed by atoms with Crippen LogP contribution in [0.15, 0.2) is 30.5 Å². The molecule has 0 aliphatic heterocycles. The second kappa shape index (κ2) is 5.03. The Hall–Kier alpha value is -2.24. The summed E-state index contributed by atoms with van der Waals surface area (Å²) in [6.45, 7) is 0.274. The van der Waals surface area contributed by atoms with Gasteiger partial charge >= 0.3 is 5.97 Å². The first-order chi connectivity index (χ1) is 9.66. The fourth-order valence-corrected chi connectivity index (χ4v) is 3.24. The molecule has 2 aliphatic carbocycles. The van der Waals surface area contributed by atoms with Crippen LogP contribution in [-0.2, 0) is 16.1 Å². The van der Waals surface area contributed by atoms with Gasteiger partial charge in [0.2, 0.25) is 5.91 Å². The van der Waals surface area contributed by atoms with Gasteiger partial charge < -0.3 is 10.4 Å². The SMILES string of the molecule is O=C(O)C1C2C=CC(C2)C1C(=O)NCc1cccnn1. The molecule has 0 saturated heterocycles. The molecule has 0 spiro atoms. The third kappa shape index (κ3) is 2.17. The molecule has 20 heavy (non-hydrogen) atoms. The molecule has 4 atom stereocenters. The normalized spacial score (nSPS) is 30.4. The molecule has 104 valence electrons. The van der Waals surface area contributed by atoms with Gasteiger partial charge in [-0.1, -0.05) is 12.2 Å². The number of amides is 1. The van der Waals surface area contributed by atoms with E-state index in [1.54, 1.807) is 18.3 Å². The average Bonchev–Trinajstić information content (AvgIpc) is 3.06. The van der Waals surface area contributed by atoms with Crippen LogP contribution in [0.25, 0.3) is 0 Å². The Morgan fingerprint density at radius 3 is 2.70 bits per heavy atom. The maximum Gasteiger partial charge on any atom is 0.307 e. The van der Waals surface area contributed by atoms with Gasteiger partial charge in [-0.25, -0.2) is 0 Å². The Morgan fingerprint density at radius 1 is 1.30 bits per heavy atom. The molecule has 1 aromatic rings. The summed E-state index contributed by atoms with van der Waals surface area (Å²) < 4.78 is 0. The van der Waals surface area contributed by atoms with Crippen LogP contribution in [0.4, 0.5) is 0 Å². The number of aromatic nitrogens is 2. The minimum Gasteiger partial charge on any atom is -0.481 e. The summed E-state index contributed by atoms with van der Waals surface area (Å²) in [5, 5.41) is 19.7. The number of carbonyl (C=O) groups excluding carboxylic acids is 1. The molecule has 1 aromatic heterocycles. The van der Waals surface area contributed by atoms with E-state index in [-0.39, 0.29) is 24.3 Å². The number of carboxylic acid groups (broad SMARTS) is 1. The number of carboxylic acids is 1. The first-order valence-corrected chi connectivity index (χ1v) is 6.62. The molecule has 3 rings (SSSR count). The number of rotatable bonds is 4. The van der Waals surface area contributed by atoms with E-state index in [0.717, 1.165) is 6.42 Å². The lowest BCUT2D eigenvalue weighted by Gasteiger charge is -2.23. The Kier molecular flexibility index (Phi) is 3.22. The lowest BCUT2D eigenvalue weighted by atomic mass is 9.82. The topological polar surface area (TPSA) is 92.2 Å². The van der Waals surface area contributed by atoms with Crippen molar-refractivity contribution in [3.63, 3.8) is 0 Å². The average molecular weight is 273 g/mol. The van der Waals surface area contributed by atoms with Crippen molar-refractivity contribution in [2.45, 2.75) is 13.0 Å². The minimum absolute atomic E-state index is 0.00948. The Morgan fingerprint density at radius 2 is 2.05 bits per heavy atom. The fraction of sp³-hybridized carbons (Fsp3) is 0.429. The number of fused-ring (bicyclic) bond motifs is 2. The van der Waals surface area contributed by atoms with Crippen LogP contribution in [0.2, 0.25) is 0 Å². The summed E-state index contributed by atoms with van der Waals surface area (Å²) in [5.74, 6) is -2.14. The van der Waals surface area contributed by atoms with Gasteiger partial charge in [-0.15, -0.1) is 0 Å². The van der Waals surface area contributed by atoms with E-state index in [0.29, 0.717) is 5.69 Å². The zero-order valence-corrected chi connectivity index (χ0v) is 10.8. The van der Waals surface area contributed by atoms with E-state index >= 15 is 0 Å². The fourth-order valence-electron chi connectivity index (χ4n) is 3.24. The van der Waals surface area contributed by atoms with E-state index in [9.17, 15) is 14.7 Å². The summed E-state index contributed by atoms with van der Waals surface area (Å²) in [5.41, 5.74) is 0.659. The van der Waals surface area contributed by atoms with Crippen LogP contribution < -0.4 is 5.32 Å². The van der Waals surface area contributed by atoms with Crippen LogP contribution >= 0.6 is 0 Å². The van der Waals surface area contributed by atoms with Crippen LogP contribution in [0.1, 0.15) is 12.1 Å². The molecule has 2 aliphatic rings. The highest BCUT2D eigenvalue weighted by molar-refractivity contribution is 5.86. The van der Waals surface area contributed by atoms with Gasteiger partial charge in [0, 0.05) is 6.20 Å². The first-order valence-electron chi connectivity index (χ1n) is 6.62. The molecule has 4 unspecified atom stereocenters. The zero-order valence-electron chi connectivity index (χ0n) is 10.8. The molecular formula is C14H15N3O3. The van der Waals surface area contributed by atoms with Crippen molar-refractivity contribution < 1.29 is 14.7 Å². The second-order valence-corrected chi connectivity index (χ2v) is 5.27. The maximum atomic E-state index is 12.3. The molecular weight excluding hydrogens is 258 g/mol. The third-order valence-corrected chi connectivity index (χ3v) is 4.12. The van der Waals surface area contributed by atoms with Crippen LogP contribution in [0.3, 0.4) is 0 Å². The quantitative estimate of drug-likeness (QED) is 0.784. The minimum atomic E-state index is -0.887. The summed E-state index contributed by atoms with van der Waals surface area (Å²) >= 11 is 0. The van der Waals surface area contributed by atoms with E-state index in [1.807, 2.05) is 12.2 Å². The predicted octanol–water partition coefficient (Wildman–Crippen LogP) is 0.616. The van der Waals surface area contributed by atoms with Crippen LogP contribution in [-0.4, -0.2) is 27.2 Å². The van der Waals surface area contributed by atoms with Gasteiger partial charge in [-0.05, 0) is 30.4 Å². The molecule has 2 N–H and O–H groups in total. The van der Waals surface area contributed by atoms with E-state index in [2.05, 4.69) is 15.5 Å². The molecule has 1 saturated carbocycles. The van der Waals surface area contributed by atoms with Crippen molar-refractivity contribution in [2.75, 3.05) is 0 Å². The van der Waals surface area contributed by atoms with Crippen molar-refractivity contribution in [3.05, 3.63) is 36.2 Å². The van der Waals surface area contributed by atoms with E-state index in [4.69, 9.17) is 0 Å². The van der Waals surface area contributed by atoms with Crippen molar-refractivity contribution in [3.8, 4) is 0 Å². The molecule has 1 heterocycles.